The van der Waals surface area contributed by atoms with Crippen LogP contribution >= 0.6 is 0 Å². The summed E-state index contributed by atoms with van der Waals surface area (Å²) in [5, 5.41) is 0. The molecule has 0 unspecified atom stereocenters. The van der Waals surface area contributed by atoms with E-state index in [-0.39, 0.29) is 0 Å². The molecule has 0 spiro atoms. The molecule has 0 aliphatic rings. The van der Waals surface area contributed by atoms with Gasteiger partial charge in [0, 0.05) is 18.4 Å². The largest absolute Gasteiger partial charge is 0.492 e. The van der Waals surface area contributed by atoms with Crippen LogP contribution in [0.3, 0.4) is 0 Å². The first-order valence-electron chi connectivity index (χ1n) is 5.42. The van der Waals surface area contributed by atoms with E-state index in [0.717, 1.165) is 30.4 Å². The summed E-state index contributed by atoms with van der Waals surface area (Å²) in [4.78, 5) is 10.5. The fourth-order valence-corrected chi connectivity index (χ4v) is 1.33. The van der Waals surface area contributed by atoms with Gasteiger partial charge in [0.05, 0.1) is 6.61 Å². The molecule has 0 heterocycles. The summed E-state index contributed by atoms with van der Waals surface area (Å²) in [6.45, 7) is 4.55. The topological polar surface area (TPSA) is 26.3 Å². The molecule has 1 rings (SSSR count). The van der Waals surface area contributed by atoms with Gasteiger partial charge in [-0.3, -0.25) is 4.79 Å². The third-order valence-corrected chi connectivity index (χ3v) is 2.12. The van der Waals surface area contributed by atoms with E-state index in [9.17, 15) is 4.79 Å². The second kappa shape index (κ2) is 6.68. The molecule has 0 aliphatic heterocycles. The molecule has 0 aliphatic carbocycles. The lowest BCUT2D eigenvalue weighted by Crippen LogP contribution is -1.98. The van der Waals surface area contributed by atoms with Crippen LogP contribution in [0, 0.1) is 18.8 Å². The van der Waals surface area contributed by atoms with Crippen molar-refractivity contribution in [3.8, 4) is 17.6 Å². The molecular formula is C14H16O2. The number of rotatable bonds is 4. The average molecular weight is 216 g/mol. The molecule has 0 amide bonds. The van der Waals surface area contributed by atoms with Crippen molar-refractivity contribution in [1.29, 1.82) is 0 Å². The molecule has 0 radical (unpaired) electrons. The third kappa shape index (κ3) is 3.78. The molecule has 16 heavy (non-hydrogen) atoms. The fourth-order valence-electron chi connectivity index (χ4n) is 1.33. The van der Waals surface area contributed by atoms with Crippen LogP contribution in [0.4, 0.5) is 0 Å². The monoisotopic (exact) mass is 216 g/mol. The van der Waals surface area contributed by atoms with Crippen LogP contribution in [0.2, 0.25) is 0 Å². The molecule has 1 aromatic rings. The summed E-state index contributed by atoms with van der Waals surface area (Å²) in [7, 11) is 0. The van der Waals surface area contributed by atoms with Crippen LogP contribution in [0.1, 0.15) is 35.7 Å². The third-order valence-electron chi connectivity index (χ3n) is 2.12. The number of hydrogen-bond acceptors (Lipinski definition) is 2. The zero-order valence-corrected chi connectivity index (χ0v) is 9.75. The zero-order valence-electron chi connectivity index (χ0n) is 9.75. The van der Waals surface area contributed by atoms with Gasteiger partial charge in [-0.25, -0.2) is 0 Å². The minimum Gasteiger partial charge on any atom is -0.492 e. The maximum absolute atomic E-state index is 10.5. The summed E-state index contributed by atoms with van der Waals surface area (Å²) < 4.78 is 5.56. The Morgan fingerprint density at radius 3 is 2.81 bits per heavy atom. The lowest BCUT2D eigenvalue weighted by Gasteiger charge is -2.07. The zero-order chi connectivity index (χ0) is 11.8. The first-order chi connectivity index (χ1) is 7.77. The van der Waals surface area contributed by atoms with E-state index in [1.54, 1.807) is 6.07 Å². The number of carbonyl (C=O) groups excluding carboxylic acids is 1. The van der Waals surface area contributed by atoms with E-state index in [1.807, 2.05) is 26.0 Å². The number of benzene rings is 1. The van der Waals surface area contributed by atoms with Gasteiger partial charge in [-0.05, 0) is 30.7 Å². The van der Waals surface area contributed by atoms with E-state index in [2.05, 4.69) is 11.8 Å². The summed E-state index contributed by atoms with van der Waals surface area (Å²) in [5.74, 6) is 6.83. The molecule has 2 nitrogen and oxygen atoms in total. The van der Waals surface area contributed by atoms with Crippen molar-refractivity contribution in [2.45, 2.75) is 26.7 Å². The lowest BCUT2D eigenvalue weighted by molar-refractivity contribution is 0.112. The van der Waals surface area contributed by atoms with E-state index < -0.39 is 0 Å². The van der Waals surface area contributed by atoms with Crippen molar-refractivity contribution >= 4 is 6.29 Å². The number of hydrogen-bond donors (Lipinski definition) is 0. The Morgan fingerprint density at radius 1 is 1.38 bits per heavy atom. The van der Waals surface area contributed by atoms with Gasteiger partial charge in [0.1, 0.15) is 12.0 Å². The maximum Gasteiger partial charge on any atom is 0.150 e. The molecule has 0 atom stereocenters. The van der Waals surface area contributed by atoms with Gasteiger partial charge in [-0.15, -0.1) is 5.92 Å². The quantitative estimate of drug-likeness (QED) is 0.439. The fraction of sp³-hybridized carbons (Fsp3) is 0.357. The van der Waals surface area contributed by atoms with E-state index >= 15 is 0 Å². The Morgan fingerprint density at radius 2 is 2.19 bits per heavy atom. The first kappa shape index (κ1) is 12.3. The summed E-state index contributed by atoms with van der Waals surface area (Å²) in [6, 6.07) is 5.40. The van der Waals surface area contributed by atoms with Gasteiger partial charge in [0.2, 0.25) is 0 Å². The highest BCUT2D eigenvalue weighted by Crippen LogP contribution is 2.18. The Labute approximate surface area is 96.6 Å². The van der Waals surface area contributed by atoms with Gasteiger partial charge in [0.15, 0.2) is 0 Å². The molecule has 0 saturated heterocycles. The highest BCUT2D eigenvalue weighted by Gasteiger charge is 1.99. The number of carbonyl (C=O) groups is 1. The second-order valence-electron chi connectivity index (χ2n) is 3.45. The SMILES string of the molecule is CCC#CCCOc1ccc(C=O)cc1C. The van der Waals surface area contributed by atoms with Crippen LogP contribution in [-0.2, 0) is 0 Å². The molecule has 0 bridgehead atoms. The molecule has 2 heteroatoms. The predicted molar refractivity (Wildman–Crippen MR) is 64.7 cm³/mol. The molecule has 0 N–H and O–H groups in total. The normalized spacial score (nSPS) is 9.12. The van der Waals surface area contributed by atoms with Crippen molar-refractivity contribution < 1.29 is 9.53 Å². The Hall–Kier alpha value is -1.75. The minimum atomic E-state index is 0.592. The Balaban J connectivity index is 2.51. The van der Waals surface area contributed by atoms with E-state index in [1.165, 1.54) is 0 Å². The lowest BCUT2D eigenvalue weighted by atomic mass is 10.1. The molecule has 1 aromatic carbocycles. The summed E-state index contributed by atoms with van der Waals surface area (Å²) in [6.07, 6.45) is 2.46. The molecule has 0 saturated carbocycles. The first-order valence-corrected chi connectivity index (χ1v) is 5.42. The van der Waals surface area contributed by atoms with Gasteiger partial charge in [0.25, 0.3) is 0 Å². The van der Waals surface area contributed by atoms with E-state index in [4.69, 9.17) is 4.74 Å². The van der Waals surface area contributed by atoms with Crippen LogP contribution in [-0.4, -0.2) is 12.9 Å². The number of ether oxygens (including phenoxy) is 1. The summed E-state index contributed by atoms with van der Waals surface area (Å²) in [5.41, 5.74) is 1.66. The van der Waals surface area contributed by atoms with Crippen molar-refractivity contribution in [1.82, 2.24) is 0 Å². The number of aryl methyl sites for hydroxylation is 1. The molecular weight excluding hydrogens is 200 g/mol. The smallest absolute Gasteiger partial charge is 0.150 e. The Bertz CT molecular complexity index is 410. The van der Waals surface area contributed by atoms with Crippen LogP contribution in [0.15, 0.2) is 18.2 Å². The molecule has 0 aromatic heterocycles. The van der Waals surface area contributed by atoms with Gasteiger partial charge >= 0.3 is 0 Å². The minimum absolute atomic E-state index is 0.592. The van der Waals surface area contributed by atoms with Crippen LogP contribution in [0.5, 0.6) is 5.75 Å². The second-order valence-corrected chi connectivity index (χ2v) is 3.45. The number of aldehydes is 1. The van der Waals surface area contributed by atoms with Crippen LogP contribution in [0.25, 0.3) is 0 Å². The summed E-state index contributed by atoms with van der Waals surface area (Å²) >= 11 is 0. The predicted octanol–water partition coefficient (Wildman–Crippen LogP) is 2.99. The van der Waals surface area contributed by atoms with Gasteiger partial charge < -0.3 is 4.74 Å². The van der Waals surface area contributed by atoms with E-state index in [0.29, 0.717) is 12.2 Å². The van der Waals surface area contributed by atoms with Gasteiger partial charge in [-0.1, -0.05) is 12.8 Å². The molecule has 84 valence electrons. The standard InChI is InChI=1S/C14H16O2/c1-3-4-5-6-9-16-14-8-7-13(11-15)10-12(14)2/h7-8,10-11H,3,6,9H2,1-2H3. The van der Waals surface area contributed by atoms with Crippen LogP contribution < -0.4 is 4.74 Å². The Kier molecular flexibility index (Phi) is 5.15. The molecule has 0 fully saturated rings. The highest BCUT2D eigenvalue weighted by molar-refractivity contribution is 5.75. The van der Waals surface area contributed by atoms with Gasteiger partial charge in [-0.2, -0.15) is 0 Å². The van der Waals surface area contributed by atoms with Crippen molar-refractivity contribution in [3.05, 3.63) is 29.3 Å². The van der Waals surface area contributed by atoms with Crippen molar-refractivity contribution in [2.75, 3.05) is 6.61 Å². The van der Waals surface area contributed by atoms with Crippen molar-refractivity contribution in [3.63, 3.8) is 0 Å². The maximum atomic E-state index is 10.5. The average Bonchev–Trinajstić information content (AvgIpc) is 2.30. The van der Waals surface area contributed by atoms with Crippen molar-refractivity contribution in [2.24, 2.45) is 0 Å². The highest BCUT2D eigenvalue weighted by atomic mass is 16.5.